The highest BCUT2D eigenvalue weighted by Gasteiger charge is 2.10. The maximum atomic E-state index is 9.63. The molecule has 0 saturated carbocycles. The SMILES string of the molecule is CCCC(O)Cc1nc(OC)ncc1Cl. The zero-order chi connectivity index (χ0) is 11.3. The van der Waals surface area contributed by atoms with Gasteiger partial charge in [0.05, 0.1) is 30.1 Å². The molecule has 0 aliphatic carbocycles. The van der Waals surface area contributed by atoms with Gasteiger partial charge in [0.15, 0.2) is 0 Å². The molecule has 4 nitrogen and oxygen atoms in total. The summed E-state index contributed by atoms with van der Waals surface area (Å²) in [6, 6.07) is 0.276. The number of hydrogen-bond donors (Lipinski definition) is 1. The van der Waals surface area contributed by atoms with E-state index >= 15 is 0 Å². The Morgan fingerprint density at radius 3 is 2.93 bits per heavy atom. The highest BCUT2D eigenvalue weighted by Crippen LogP contribution is 2.17. The number of methoxy groups -OCH3 is 1. The average molecular weight is 231 g/mol. The number of aromatic nitrogens is 2. The third kappa shape index (κ3) is 3.64. The van der Waals surface area contributed by atoms with Crippen LogP contribution in [0.1, 0.15) is 25.5 Å². The minimum Gasteiger partial charge on any atom is -0.467 e. The van der Waals surface area contributed by atoms with Crippen LogP contribution in [0.5, 0.6) is 6.01 Å². The van der Waals surface area contributed by atoms with E-state index in [4.69, 9.17) is 16.3 Å². The largest absolute Gasteiger partial charge is 0.467 e. The molecular formula is C10H15ClN2O2. The fraction of sp³-hybridized carbons (Fsp3) is 0.600. The minimum atomic E-state index is -0.410. The first-order chi connectivity index (χ1) is 7.17. The Labute approximate surface area is 94.3 Å². The van der Waals surface area contributed by atoms with E-state index in [-0.39, 0.29) is 6.01 Å². The van der Waals surface area contributed by atoms with Gasteiger partial charge in [-0.1, -0.05) is 24.9 Å². The summed E-state index contributed by atoms with van der Waals surface area (Å²) in [5, 5.41) is 10.1. The lowest BCUT2D eigenvalue weighted by molar-refractivity contribution is 0.162. The summed E-state index contributed by atoms with van der Waals surface area (Å²) >= 11 is 5.91. The van der Waals surface area contributed by atoms with Crippen molar-refractivity contribution in [3.8, 4) is 6.01 Å². The lowest BCUT2D eigenvalue weighted by atomic mass is 10.1. The van der Waals surface area contributed by atoms with E-state index in [1.54, 1.807) is 0 Å². The number of rotatable bonds is 5. The van der Waals surface area contributed by atoms with Crippen LogP contribution in [0, 0.1) is 0 Å². The predicted molar refractivity (Wildman–Crippen MR) is 58.2 cm³/mol. The first-order valence-corrected chi connectivity index (χ1v) is 5.28. The number of aliphatic hydroxyl groups excluding tert-OH is 1. The molecule has 1 unspecified atom stereocenters. The van der Waals surface area contributed by atoms with Crippen LogP contribution in [0.2, 0.25) is 5.02 Å². The van der Waals surface area contributed by atoms with Crippen molar-refractivity contribution in [3.05, 3.63) is 16.9 Å². The molecule has 1 rings (SSSR count). The van der Waals surface area contributed by atoms with E-state index in [0.29, 0.717) is 17.1 Å². The van der Waals surface area contributed by atoms with E-state index in [1.807, 2.05) is 6.92 Å². The molecule has 0 aliphatic rings. The monoisotopic (exact) mass is 230 g/mol. The second kappa shape index (κ2) is 5.88. The van der Waals surface area contributed by atoms with E-state index < -0.39 is 6.10 Å². The van der Waals surface area contributed by atoms with E-state index in [9.17, 15) is 5.11 Å². The topological polar surface area (TPSA) is 55.2 Å². The molecule has 5 heteroatoms. The van der Waals surface area contributed by atoms with Crippen molar-refractivity contribution in [1.82, 2.24) is 9.97 Å². The van der Waals surface area contributed by atoms with Crippen LogP contribution in [0.25, 0.3) is 0 Å². The molecule has 0 radical (unpaired) electrons. The standard InChI is InChI=1S/C10H15ClN2O2/c1-3-4-7(14)5-9-8(11)6-12-10(13-9)15-2/h6-7,14H,3-5H2,1-2H3. The Morgan fingerprint density at radius 2 is 2.33 bits per heavy atom. The normalized spacial score (nSPS) is 12.5. The molecule has 0 aromatic carbocycles. The summed E-state index contributed by atoms with van der Waals surface area (Å²) in [5.41, 5.74) is 0.629. The maximum absolute atomic E-state index is 9.63. The van der Waals surface area contributed by atoms with Gasteiger partial charge in [0.25, 0.3) is 0 Å². The second-order valence-corrected chi connectivity index (χ2v) is 3.71. The van der Waals surface area contributed by atoms with Crippen molar-refractivity contribution in [2.24, 2.45) is 0 Å². The summed E-state index contributed by atoms with van der Waals surface area (Å²) in [6.45, 7) is 2.02. The molecule has 84 valence electrons. The summed E-state index contributed by atoms with van der Waals surface area (Å²) < 4.78 is 4.89. The molecule has 0 bridgehead atoms. The van der Waals surface area contributed by atoms with Gasteiger partial charge in [-0.2, -0.15) is 4.98 Å². The van der Waals surface area contributed by atoms with Gasteiger partial charge >= 0.3 is 6.01 Å². The number of hydrogen-bond acceptors (Lipinski definition) is 4. The van der Waals surface area contributed by atoms with Crippen LogP contribution in [0.15, 0.2) is 6.20 Å². The molecule has 1 atom stereocenters. The van der Waals surface area contributed by atoms with Crippen molar-refractivity contribution in [2.45, 2.75) is 32.3 Å². The van der Waals surface area contributed by atoms with E-state index in [1.165, 1.54) is 13.3 Å². The van der Waals surface area contributed by atoms with Crippen LogP contribution >= 0.6 is 11.6 Å². The van der Waals surface area contributed by atoms with E-state index in [0.717, 1.165) is 12.8 Å². The summed E-state index contributed by atoms with van der Waals surface area (Å²) in [7, 11) is 1.50. The lowest BCUT2D eigenvalue weighted by Gasteiger charge is -2.10. The molecule has 1 aromatic rings. The van der Waals surface area contributed by atoms with Gasteiger partial charge in [-0.3, -0.25) is 0 Å². The molecule has 0 saturated heterocycles. The molecule has 0 amide bonds. The quantitative estimate of drug-likeness (QED) is 0.839. The predicted octanol–water partition coefficient (Wildman–Crippen LogP) is 1.84. The first-order valence-electron chi connectivity index (χ1n) is 4.90. The van der Waals surface area contributed by atoms with Crippen LogP contribution in [-0.2, 0) is 6.42 Å². The van der Waals surface area contributed by atoms with Crippen molar-refractivity contribution >= 4 is 11.6 Å². The van der Waals surface area contributed by atoms with Crippen molar-refractivity contribution in [2.75, 3.05) is 7.11 Å². The van der Waals surface area contributed by atoms with Gasteiger partial charge in [-0.25, -0.2) is 4.98 Å². The van der Waals surface area contributed by atoms with Crippen molar-refractivity contribution < 1.29 is 9.84 Å². The summed E-state index contributed by atoms with van der Waals surface area (Å²) in [5.74, 6) is 0. The fourth-order valence-corrected chi connectivity index (χ4v) is 1.45. The van der Waals surface area contributed by atoms with Gasteiger partial charge in [0.2, 0.25) is 0 Å². The Kier molecular flexibility index (Phi) is 4.78. The molecule has 0 aliphatic heterocycles. The number of halogens is 1. The van der Waals surface area contributed by atoms with Crippen molar-refractivity contribution in [3.63, 3.8) is 0 Å². The van der Waals surface area contributed by atoms with Crippen LogP contribution in [0.4, 0.5) is 0 Å². The molecule has 1 N–H and O–H groups in total. The van der Waals surface area contributed by atoms with Gasteiger partial charge < -0.3 is 9.84 Å². The third-order valence-corrected chi connectivity index (χ3v) is 2.34. The Balaban J connectivity index is 2.74. The molecule has 0 fully saturated rings. The van der Waals surface area contributed by atoms with Gasteiger partial charge in [0, 0.05) is 6.42 Å². The van der Waals surface area contributed by atoms with Gasteiger partial charge in [0.1, 0.15) is 0 Å². The van der Waals surface area contributed by atoms with Crippen LogP contribution in [-0.4, -0.2) is 28.3 Å². The highest BCUT2D eigenvalue weighted by molar-refractivity contribution is 6.31. The van der Waals surface area contributed by atoms with Gasteiger partial charge in [-0.05, 0) is 6.42 Å². The molecular weight excluding hydrogens is 216 g/mol. The third-order valence-electron chi connectivity index (χ3n) is 2.03. The zero-order valence-electron chi connectivity index (χ0n) is 8.90. The van der Waals surface area contributed by atoms with Crippen LogP contribution < -0.4 is 4.74 Å². The fourth-order valence-electron chi connectivity index (χ4n) is 1.28. The number of nitrogens with zero attached hydrogens (tertiary/aromatic N) is 2. The van der Waals surface area contributed by atoms with Crippen molar-refractivity contribution in [1.29, 1.82) is 0 Å². The van der Waals surface area contributed by atoms with Crippen LogP contribution in [0.3, 0.4) is 0 Å². The van der Waals surface area contributed by atoms with Gasteiger partial charge in [-0.15, -0.1) is 0 Å². The lowest BCUT2D eigenvalue weighted by Crippen LogP contribution is -2.12. The molecule has 1 heterocycles. The zero-order valence-corrected chi connectivity index (χ0v) is 9.66. The first kappa shape index (κ1) is 12.2. The summed E-state index contributed by atoms with van der Waals surface area (Å²) in [6.07, 6.45) is 3.18. The molecule has 0 spiro atoms. The number of ether oxygens (including phenoxy) is 1. The molecule has 15 heavy (non-hydrogen) atoms. The Bertz CT molecular complexity index is 320. The maximum Gasteiger partial charge on any atom is 0.316 e. The highest BCUT2D eigenvalue weighted by atomic mass is 35.5. The Morgan fingerprint density at radius 1 is 1.60 bits per heavy atom. The number of aliphatic hydroxyl groups is 1. The Hall–Kier alpha value is -0.870. The summed E-state index contributed by atoms with van der Waals surface area (Å²) in [4.78, 5) is 7.95. The second-order valence-electron chi connectivity index (χ2n) is 3.30. The minimum absolute atomic E-state index is 0.276. The molecule has 1 aromatic heterocycles. The smallest absolute Gasteiger partial charge is 0.316 e. The van der Waals surface area contributed by atoms with E-state index in [2.05, 4.69) is 9.97 Å². The average Bonchev–Trinajstić information content (AvgIpc) is 2.21.